The molecule has 0 saturated carbocycles. The van der Waals surface area contributed by atoms with Gasteiger partial charge in [0.1, 0.15) is 17.8 Å². The number of hydrogen-bond acceptors (Lipinski definition) is 7. The van der Waals surface area contributed by atoms with Crippen molar-refractivity contribution < 1.29 is 9.66 Å². The van der Waals surface area contributed by atoms with Crippen LogP contribution in [0.4, 0.5) is 11.6 Å². The van der Waals surface area contributed by atoms with Crippen LogP contribution in [0.3, 0.4) is 0 Å². The predicted octanol–water partition coefficient (Wildman–Crippen LogP) is 1.93. The molecule has 2 heterocycles. The highest BCUT2D eigenvalue weighted by Crippen LogP contribution is 2.30. The molecule has 0 bridgehead atoms. The van der Waals surface area contributed by atoms with Crippen LogP contribution in [0.5, 0.6) is 0 Å². The zero-order valence-electron chi connectivity index (χ0n) is 13.8. The van der Waals surface area contributed by atoms with Crippen LogP contribution in [0.1, 0.15) is 19.4 Å². The van der Waals surface area contributed by atoms with Gasteiger partial charge >= 0.3 is 5.82 Å². The number of imidazole rings is 1. The first-order valence-electron chi connectivity index (χ1n) is 7.14. The molecule has 2 aromatic rings. The van der Waals surface area contributed by atoms with Crippen molar-refractivity contribution in [3.8, 4) is 17.6 Å². The van der Waals surface area contributed by atoms with Gasteiger partial charge in [0.05, 0.1) is 13.7 Å². The summed E-state index contributed by atoms with van der Waals surface area (Å²) in [5, 5.41) is 24.6. The van der Waals surface area contributed by atoms with E-state index < -0.39 is 4.92 Å². The molecule has 0 aliphatic rings. The molecule has 0 unspecified atom stereocenters. The summed E-state index contributed by atoms with van der Waals surface area (Å²) in [6.45, 7) is 4.51. The highest BCUT2D eigenvalue weighted by Gasteiger charge is 2.26. The Kier molecular flexibility index (Phi) is 4.93. The number of aromatic nitrogens is 4. The van der Waals surface area contributed by atoms with Crippen LogP contribution < -0.4 is 0 Å². The molecule has 0 N–H and O–H groups in total. The Morgan fingerprint density at radius 2 is 2.25 bits per heavy atom. The number of nitriles is 1. The van der Waals surface area contributed by atoms with Crippen molar-refractivity contribution in [2.45, 2.75) is 13.8 Å². The highest BCUT2D eigenvalue weighted by atomic mass is 16.6. The summed E-state index contributed by atoms with van der Waals surface area (Å²) < 4.78 is 7.95. The molecule has 0 fully saturated rings. The van der Waals surface area contributed by atoms with Crippen molar-refractivity contribution in [1.29, 1.82) is 5.26 Å². The van der Waals surface area contributed by atoms with Crippen LogP contribution in [-0.4, -0.2) is 37.3 Å². The average molecular weight is 331 g/mol. The molecule has 126 valence electrons. The molecule has 0 amide bonds. The van der Waals surface area contributed by atoms with E-state index in [2.05, 4.69) is 15.1 Å². The van der Waals surface area contributed by atoms with Crippen molar-refractivity contribution in [2.75, 3.05) is 6.61 Å². The van der Waals surface area contributed by atoms with E-state index in [4.69, 9.17) is 4.74 Å². The topological polar surface area (TPSA) is 124 Å². The Morgan fingerprint density at radius 3 is 2.79 bits per heavy atom. The van der Waals surface area contributed by atoms with E-state index in [1.807, 2.05) is 19.9 Å². The van der Waals surface area contributed by atoms with Crippen LogP contribution in [0.15, 0.2) is 11.2 Å². The van der Waals surface area contributed by atoms with Crippen molar-refractivity contribution in [2.24, 2.45) is 25.0 Å². The Labute approximate surface area is 138 Å². The van der Waals surface area contributed by atoms with Crippen LogP contribution >= 0.6 is 0 Å². The zero-order valence-corrected chi connectivity index (χ0v) is 13.8. The molecule has 0 spiro atoms. The van der Waals surface area contributed by atoms with E-state index in [1.54, 1.807) is 7.05 Å². The van der Waals surface area contributed by atoms with Gasteiger partial charge in [-0.3, -0.25) is 0 Å². The van der Waals surface area contributed by atoms with Gasteiger partial charge in [-0.25, -0.2) is 14.2 Å². The highest BCUT2D eigenvalue weighted by molar-refractivity contribution is 5.71. The van der Waals surface area contributed by atoms with Gasteiger partial charge in [-0.2, -0.15) is 15.4 Å². The second-order valence-electron chi connectivity index (χ2n) is 5.50. The minimum absolute atomic E-state index is 0.172. The molecule has 24 heavy (non-hydrogen) atoms. The monoisotopic (exact) mass is 331 g/mol. The summed E-state index contributed by atoms with van der Waals surface area (Å²) in [4.78, 5) is 18.5. The Bertz CT molecular complexity index is 826. The lowest BCUT2D eigenvalue weighted by Gasteiger charge is -2.02. The van der Waals surface area contributed by atoms with Gasteiger partial charge in [0.15, 0.2) is 17.9 Å². The smallest absolute Gasteiger partial charge is 0.342 e. The SMILES string of the molecule is CC(C)CO/C=N\c1c(C#N)c(-c2ncc([N+](=O)[O-])n2C)nn1C. The second-order valence-corrected chi connectivity index (χ2v) is 5.50. The fourth-order valence-electron chi connectivity index (χ4n) is 2.04. The molecule has 10 heteroatoms. The van der Waals surface area contributed by atoms with Crippen molar-refractivity contribution in [3.05, 3.63) is 21.9 Å². The van der Waals surface area contributed by atoms with Gasteiger partial charge in [-0.1, -0.05) is 13.8 Å². The van der Waals surface area contributed by atoms with Gasteiger partial charge in [-0.15, -0.1) is 0 Å². The van der Waals surface area contributed by atoms with Crippen molar-refractivity contribution in [1.82, 2.24) is 19.3 Å². The standard InChI is InChI=1S/C14H17N7O3/c1-9(2)7-24-8-17-13-10(5-15)12(18-20(13)4)14-16-6-11(19(14)3)21(22)23/h6,8-9H,7H2,1-4H3/b17-8-. The normalized spacial score (nSPS) is 11.2. The third kappa shape index (κ3) is 3.24. The lowest BCUT2D eigenvalue weighted by Crippen LogP contribution is -2.00. The number of aliphatic imine (C=N–C) groups is 1. The zero-order chi connectivity index (χ0) is 17.9. The number of nitrogens with zero attached hydrogens (tertiary/aromatic N) is 7. The first kappa shape index (κ1) is 17.1. The van der Waals surface area contributed by atoms with Crippen LogP contribution in [0, 0.1) is 27.4 Å². The number of nitro groups is 1. The lowest BCUT2D eigenvalue weighted by molar-refractivity contribution is -0.391. The van der Waals surface area contributed by atoms with Gasteiger partial charge in [0.2, 0.25) is 0 Å². The maximum absolute atomic E-state index is 10.9. The molecule has 2 aromatic heterocycles. The third-order valence-electron chi connectivity index (χ3n) is 3.17. The Hall–Kier alpha value is -3.22. The molecular formula is C14H17N7O3. The quantitative estimate of drug-likeness (QED) is 0.345. The van der Waals surface area contributed by atoms with Gasteiger partial charge in [-0.05, 0) is 10.8 Å². The molecule has 10 nitrogen and oxygen atoms in total. The third-order valence-corrected chi connectivity index (χ3v) is 3.17. The maximum Gasteiger partial charge on any atom is 0.342 e. The Morgan fingerprint density at radius 1 is 1.54 bits per heavy atom. The van der Waals surface area contributed by atoms with Crippen LogP contribution in [-0.2, 0) is 18.8 Å². The van der Waals surface area contributed by atoms with Gasteiger partial charge < -0.3 is 14.9 Å². The summed E-state index contributed by atoms with van der Waals surface area (Å²) in [7, 11) is 3.11. The molecule has 0 aliphatic carbocycles. The first-order chi connectivity index (χ1) is 11.4. The summed E-state index contributed by atoms with van der Waals surface area (Å²) >= 11 is 0. The Balaban J connectivity index is 2.42. The van der Waals surface area contributed by atoms with E-state index in [1.165, 1.54) is 22.7 Å². The van der Waals surface area contributed by atoms with E-state index in [0.717, 1.165) is 6.20 Å². The number of ether oxygens (including phenoxy) is 1. The molecule has 2 rings (SSSR count). The summed E-state index contributed by atoms with van der Waals surface area (Å²) in [6.07, 6.45) is 2.39. The molecule has 0 radical (unpaired) electrons. The van der Waals surface area contributed by atoms with E-state index in [0.29, 0.717) is 18.3 Å². The van der Waals surface area contributed by atoms with Crippen molar-refractivity contribution >= 4 is 18.0 Å². The summed E-state index contributed by atoms with van der Waals surface area (Å²) in [5.74, 6) is 0.673. The van der Waals surface area contributed by atoms with E-state index in [-0.39, 0.29) is 22.9 Å². The fourth-order valence-corrected chi connectivity index (χ4v) is 2.04. The van der Waals surface area contributed by atoms with Crippen LogP contribution in [0.25, 0.3) is 11.5 Å². The predicted molar refractivity (Wildman–Crippen MR) is 85.7 cm³/mol. The van der Waals surface area contributed by atoms with Gasteiger partial charge in [0.25, 0.3) is 5.82 Å². The second kappa shape index (κ2) is 6.91. The van der Waals surface area contributed by atoms with Gasteiger partial charge in [0, 0.05) is 7.05 Å². The molecule has 0 saturated heterocycles. The van der Waals surface area contributed by atoms with Crippen LogP contribution in [0.2, 0.25) is 0 Å². The number of aryl methyl sites for hydroxylation is 1. The summed E-state index contributed by atoms with van der Waals surface area (Å²) in [6, 6.07) is 2.02. The minimum atomic E-state index is -0.551. The maximum atomic E-state index is 10.9. The van der Waals surface area contributed by atoms with E-state index >= 15 is 0 Å². The first-order valence-corrected chi connectivity index (χ1v) is 7.14. The fraction of sp³-hybridized carbons (Fsp3) is 0.429. The lowest BCUT2D eigenvalue weighted by atomic mass is 10.2. The molecular weight excluding hydrogens is 314 g/mol. The summed E-state index contributed by atoms with van der Waals surface area (Å²) in [5.41, 5.74) is 0.400. The minimum Gasteiger partial charge on any atom is -0.483 e. The van der Waals surface area contributed by atoms with Crippen molar-refractivity contribution in [3.63, 3.8) is 0 Å². The number of rotatable bonds is 6. The molecule has 0 aromatic carbocycles. The average Bonchev–Trinajstić information content (AvgIpc) is 3.03. The molecule has 0 aliphatic heterocycles. The number of hydrogen-bond donors (Lipinski definition) is 0. The largest absolute Gasteiger partial charge is 0.483 e. The van der Waals surface area contributed by atoms with E-state index in [9.17, 15) is 15.4 Å². The molecule has 0 atom stereocenters.